The molecule has 0 aliphatic rings. The zero-order valence-corrected chi connectivity index (χ0v) is 10.1. The maximum absolute atomic E-state index is 13.1. The predicted octanol–water partition coefficient (Wildman–Crippen LogP) is 3.95. The lowest BCUT2D eigenvalue weighted by Gasteiger charge is -2.10. The minimum Gasteiger partial charge on any atom is -0.494 e. The predicted molar refractivity (Wildman–Crippen MR) is 66.8 cm³/mol. The molecule has 3 heteroatoms. The van der Waals surface area contributed by atoms with Gasteiger partial charge in [-0.2, -0.15) is 0 Å². The maximum atomic E-state index is 13.1. The molecule has 2 aromatic rings. The van der Waals surface area contributed by atoms with Gasteiger partial charge in [0.05, 0.1) is 6.61 Å². The molecule has 0 atom stereocenters. The van der Waals surface area contributed by atoms with E-state index in [1.807, 2.05) is 31.2 Å². The summed E-state index contributed by atoms with van der Waals surface area (Å²) in [6.45, 7) is 2.47. The molecule has 0 aliphatic carbocycles. The van der Waals surface area contributed by atoms with E-state index in [0.29, 0.717) is 18.6 Å². The first-order valence-electron chi connectivity index (χ1n) is 5.84. The van der Waals surface area contributed by atoms with Gasteiger partial charge in [0.2, 0.25) is 0 Å². The van der Waals surface area contributed by atoms with Crippen molar-refractivity contribution >= 4 is 0 Å². The first-order valence-corrected chi connectivity index (χ1v) is 5.84. The van der Waals surface area contributed by atoms with Gasteiger partial charge in [0, 0.05) is 12.5 Å². The molecule has 0 radical (unpaired) electrons. The van der Waals surface area contributed by atoms with Crippen LogP contribution in [-0.4, -0.2) is 6.61 Å². The van der Waals surface area contributed by atoms with E-state index in [1.54, 1.807) is 0 Å². The van der Waals surface area contributed by atoms with E-state index in [-0.39, 0.29) is 0 Å². The van der Waals surface area contributed by atoms with E-state index >= 15 is 0 Å². The Balaban J connectivity index is 2.27. The van der Waals surface area contributed by atoms with Crippen molar-refractivity contribution < 1.29 is 13.5 Å². The highest BCUT2D eigenvalue weighted by Gasteiger charge is 2.06. The van der Waals surface area contributed by atoms with Crippen LogP contribution in [0.2, 0.25) is 0 Å². The molecular formula is C15H14F2O. The topological polar surface area (TPSA) is 9.23 Å². The maximum Gasteiger partial charge on any atom is 0.126 e. The quantitative estimate of drug-likeness (QED) is 0.796. The van der Waals surface area contributed by atoms with Crippen molar-refractivity contribution in [3.8, 4) is 5.75 Å². The molecule has 0 fully saturated rings. The third kappa shape index (κ3) is 3.06. The largest absolute Gasteiger partial charge is 0.494 e. The second-order valence-electron chi connectivity index (χ2n) is 4.00. The van der Waals surface area contributed by atoms with Gasteiger partial charge in [-0.3, -0.25) is 0 Å². The molecule has 2 aromatic carbocycles. The normalized spacial score (nSPS) is 10.4. The Morgan fingerprint density at radius 3 is 2.33 bits per heavy atom. The molecule has 94 valence electrons. The highest BCUT2D eigenvalue weighted by molar-refractivity contribution is 5.37. The van der Waals surface area contributed by atoms with Crippen LogP contribution in [-0.2, 0) is 6.42 Å². The molecule has 0 saturated carbocycles. The van der Waals surface area contributed by atoms with Gasteiger partial charge in [-0.25, -0.2) is 8.78 Å². The standard InChI is InChI=1S/C15H14F2O/c1-2-18-15-6-4-3-5-12(15)7-11-8-13(16)10-14(17)9-11/h3-6,8-10H,2,7H2,1H3. The summed E-state index contributed by atoms with van der Waals surface area (Å²) in [5, 5.41) is 0. The summed E-state index contributed by atoms with van der Waals surface area (Å²) in [7, 11) is 0. The molecule has 0 saturated heterocycles. The Labute approximate surface area is 105 Å². The van der Waals surface area contributed by atoms with Gasteiger partial charge in [0.25, 0.3) is 0 Å². The molecule has 0 heterocycles. The summed E-state index contributed by atoms with van der Waals surface area (Å²) in [4.78, 5) is 0. The van der Waals surface area contributed by atoms with Crippen LogP contribution in [0, 0.1) is 11.6 Å². The Morgan fingerprint density at radius 1 is 1.00 bits per heavy atom. The van der Waals surface area contributed by atoms with Crippen molar-refractivity contribution in [3.05, 3.63) is 65.2 Å². The summed E-state index contributed by atoms with van der Waals surface area (Å²) in [5.41, 5.74) is 1.52. The number of rotatable bonds is 4. The average Bonchev–Trinajstić information content (AvgIpc) is 2.30. The third-order valence-electron chi connectivity index (χ3n) is 2.59. The van der Waals surface area contributed by atoms with Gasteiger partial charge in [-0.15, -0.1) is 0 Å². The number of halogens is 2. The summed E-state index contributed by atoms with van der Waals surface area (Å²) in [5.74, 6) is -0.359. The Bertz CT molecular complexity index is 518. The first kappa shape index (κ1) is 12.6. The zero-order chi connectivity index (χ0) is 13.0. The fourth-order valence-corrected chi connectivity index (χ4v) is 1.88. The fourth-order valence-electron chi connectivity index (χ4n) is 1.88. The van der Waals surface area contributed by atoms with Crippen molar-refractivity contribution in [1.29, 1.82) is 0 Å². The number of benzene rings is 2. The fraction of sp³-hybridized carbons (Fsp3) is 0.200. The molecule has 1 nitrogen and oxygen atoms in total. The van der Waals surface area contributed by atoms with Gasteiger partial charge in [0.1, 0.15) is 17.4 Å². The minimum absolute atomic E-state index is 0.449. The van der Waals surface area contributed by atoms with E-state index in [9.17, 15) is 8.78 Å². The Hall–Kier alpha value is -1.90. The van der Waals surface area contributed by atoms with E-state index < -0.39 is 11.6 Å². The van der Waals surface area contributed by atoms with Crippen LogP contribution in [0.1, 0.15) is 18.1 Å². The minimum atomic E-state index is -0.557. The van der Waals surface area contributed by atoms with Crippen LogP contribution in [0.4, 0.5) is 8.78 Å². The van der Waals surface area contributed by atoms with Crippen molar-refractivity contribution in [3.63, 3.8) is 0 Å². The monoisotopic (exact) mass is 248 g/mol. The average molecular weight is 248 g/mol. The van der Waals surface area contributed by atoms with Gasteiger partial charge < -0.3 is 4.74 Å². The van der Waals surface area contributed by atoms with E-state index in [0.717, 1.165) is 17.4 Å². The van der Waals surface area contributed by atoms with Crippen molar-refractivity contribution in [2.75, 3.05) is 6.61 Å². The molecule has 0 spiro atoms. The SMILES string of the molecule is CCOc1ccccc1Cc1cc(F)cc(F)c1. The highest BCUT2D eigenvalue weighted by atomic mass is 19.1. The lowest BCUT2D eigenvalue weighted by Crippen LogP contribution is -1.98. The Kier molecular flexibility index (Phi) is 3.92. The highest BCUT2D eigenvalue weighted by Crippen LogP contribution is 2.22. The molecule has 0 aliphatic heterocycles. The van der Waals surface area contributed by atoms with Crippen molar-refractivity contribution in [1.82, 2.24) is 0 Å². The summed E-state index contributed by atoms with van der Waals surface area (Å²) in [6, 6.07) is 11.1. The zero-order valence-electron chi connectivity index (χ0n) is 10.1. The molecule has 0 aromatic heterocycles. The smallest absolute Gasteiger partial charge is 0.126 e. The lowest BCUT2D eigenvalue weighted by molar-refractivity contribution is 0.337. The van der Waals surface area contributed by atoms with Crippen LogP contribution in [0.5, 0.6) is 5.75 Å². The van der Waals surface area contributed by atoms with Gasteiger partial charge >= 0.3 is 0 Å². The third-order valence-corrected chi connectivity index (χ3v) is 2.59. The first-order chi connectivity index (χ1) is 8.69. The number of hydrogen-bond donors (Lipinski definition) is 0. The van der Waals surface area contributed by atoms with Crippen LogP contribution < -0.4 is 4.74 Å². The summed E-state index contributed by atoms with van der Waals surface area (Å²) in [6.07, 6.45) is 0.449. The van der Waals surface area contributed by atoms with Crippen LogP contribution in [0.15, 0.2) is 42.5 Å². The molecule has 0 unspecified atom stereocenters. The van der Waals surface area contributed by atoms with Crippen LogP contribution in [0.3, 0.4) is 0 Å². The second-order valence-corrected chi connectivity index (χ2v) is 4.00. The number of ether oxygens (including phenoxy) is 1. The number of hydrogen-bond acceptors (Lipinski definition) is 1. The van der Waals surface area contributed by atoms with E-state index in [2.05, 4.69) is 0 Å². The van der Waals surface area contributed by atoms with Crippen molar-refractivity contribution in [2.45, 2.75) is 13.3 Å². The van der Waals surface area contributed by atoms with E-state index in [1.165, 1.54) is 12.1 Å². The van der Waals surface area contributed by atoms with E-state index in [4.69, 9.17) is 4.74 Å². The molecule has 0 amide bonds. The molecular weight excluding hydrogens is 234 g/mol. The molecule has 2 rings (SSSR count). The molecule has 0 N–H and O–H groups in total. The molecule has 18 heavy (non-hydrogen) atoms. The van der Waals surface area contributed by atoms with Crippen LogP contribution >= 0.6 is 0 Å². The second kappa shape index (κ2) is 5.63. The van der Waals surface area contributed by atoms with Gasteiger partial charge in [0.15, 0.2) is 0 Å². The van der Waals surface area contributed by atoms with Gasteiger partial charge in [-0.1, -0.05) is 18.2 Å². The Morgan fingerprint density at radius 2 is 1.67 bits per heavy atom. The van der Waals surface area contributed by atoms with Gasteiger partial charge in [-0.05, 0) is 36.2 Å². The van der Waals surface area contributed by atoms with Crippen LogP contribution in [0.25, 0.3) is 0 Å². The lowest BCUT2D eigenvalue weighted by atomic mass is 10.0. The number of para-hydroxylation sites is 1. The summed E-state index contributed by atoms with van der Waals surface area (Å²) >= 11 is 0. The van der Waals surface area contributed by atoms with Crippen molar-refractivity contribution in [2.24, 2.45) is 0 Å². The summed E-state index contributed by atoms with van der Waals surface area (Å²) < 4.78 is 31.7. The molecule has 0 bridgehead atoms.